The Labute approximate surface area is 264 Å². The van der Waals surface area contributed by atoms with Crippen molar-refractivity contribution in [2.24, 2.45) is 11.5 Å². The van der Waals surface area contributed by atoms with Crippen LogP contribution in [0.5, 0.6) is 5.88 Å². The Kier molecular flexibility index (Phi) is 8.58. The van der Waals surface area contributed by atoms with Crippen LogP contribution in [0.25, 0.3) is 17.3 Å². The van der Waals surface area contributed by atoms with Crippen molar-refractivity contribution < 1.29 is 29.1 Å². The maximum atomic E-state index is 13.4. The molecule has 0 spiro atoms. The minimum absolute atomic E-state index is 0.000508. The number of amides is 6. The van der Waals surface area contributed by atoms with E-state index in [-0.39, 0.29) is 28.1 Å². The van der Waals surface area contributed by atoms with E-state index in [1.54, 1.807) is 30.3 Å². The Morgan fingerprint density at radius 1 is 0.766 bits per heavy atom. The summed E-state index contributed by atoms with van der Waals surface area (Å²) in [6.45, 7) is 0. The van der Waals surface area contributed by atoms with Crippen LogP contribution in [0, 0.1) is 0 Å². The van der Waals surface area contributed by atoms with Gasteiger partial charge >= 0.3 is 11.7 Å². The van der Waals surface area contributed by atoms with E-state index in [1.807, 2.05) is 0 Å². The highest BCUT2D eigenvalue weighted by Crippen LogP contribution is 2.24. The number of rotatable bonds is 8. The van der Waals surface area contributed by atoms with Crippen LogP contribution >= 0.6 is 0 Å². The second kappa shape index (κ2) is 12.9. The summed E-state index contributed by atoms with van der Waals surface area (Å²) in [5, 5.41) is 12.6. The van der Waals surface area contributed by atoms with Gasteiger partial charge in [0.2, 0.25) is 17.7 Å². The van der Waals surface area contributed by atoms with Gasteiger partial charge in [-0.25, -0.2) is 19.1 Å². The fraction of sp³-hybridized carbons (Fsp3) is 0. The molecule has 0 radical (unpaired) electrons. The molecule has 0 atom stereocenters. The first-order valence-electron chi connectivity index (χ1n) is 13.7. The van der Waals surface area contributed by atoms with Crippen LogP contribution in [-0.2, 0) is 9.59 Å². The number of allylic oxidation sites excluding steroid dienone is 4. The van der Waals surface area contributed by atoms with E-state index in [0.717, 1.165) is 0 Å². The second-order valence-corrected chi connectivity index (χ2v) is 9.96. The van der Waals surface area contributed by atoms with E-state index in [4.69, 9.17) is 11.5 Å². The van der Waals surface area contributed by atoms with Gasteiger partial charge in [0, 0.05) is 11.1 Å². The molecule has 1 saturated heterocycles. The van der Waals surface area contributed by atoms with E-state index in [0.29, 0.717) is 20.6 Å². The summed E-state index contributed by atoms with van der Waals surface area (Å²) in [6, 6.07) is 18.5. The summed E-state index contributed by atoms with van der Waals surface area (Å²) >= 11 is 0. The quantitative estimate of drug-likeness (QED) is 0.109. The number of benzene rings is 3. The van der Waals surface area contributed by atoms with Crippen LogP contribution in [0.1, 0.15) is 31.8 Å². The number of hydrogen-bond acceptors (Lipinski definition) is 8. The van der Waals surface area contributed by atoms with Crippen LogP contribution in [-0.4, -0.2) is 44.3 Å². The number of primary amides is 2. The Bertz CT molecular complexity index is 2190. The third-order valence-corrected chi connectivity index (χ3v) is 6.96. The molecule has 14 nitrogen and oxygen atoms in total. The van der Waals surface area contributed by atoms with Crippen LogP contribution in [0.15, 0.2) is 112 Å². The average molecular weight is 633 g/mol. The number of aromatic nitrogens is 2. The molecule has 3 aromatic carbocycles. The van der Waals surface area contributed by atoms with E-state index in [2.05, 4.69) is 10.3 Å². The van der Waals surface area contributed by atoms with Gasteiger partial charge in [-0.2, -0.15) is 0 Å². The maximum absolute atomic E-state index is 13.4. The summed E-state index contributed by atoms with van der Waals surface area (Å²) in [5.41, 5.74) is 8.99. The molecule has 234 valence electrons. The van der Waals surface area contributed by atoms with Gasteiger partial charge in [0.05, 0.1) is 11.4 Å². The summed E-state index contributed by atoms with van der Waals surface area (Å²) < 4.78 is 0.712. The zero-order valence-corrected chi connectivity index (χ0v) is 24.2. The first-order chi connectivity index (χ1) is 22.5. The number of nitrogens with two attached hydrogens (primary N) is 2. The number of aromatic amines is 1. The van der Waals surface area contributed by atoms with E-state index >= 15 is 0 Å². The van der Waals surface area contributed by atoms with Gasteiger partial charge in [-0.1, -0.05) is 54.6 Å². The van der Waals surface area contributed by atoms with Gasteiger partial charge in [0.25, 0.3) is 17.4 Å². The smallest absolute Gasteiger partial charge is 0.335 e. The number of anilines is 1. The number of carbonyl (C=O) groups excluding carboxylic acids is 5. The topological polar surface area (TPSA) is 228 Å². The van der Waals surface area contributed by atoms with Crippen LogP contribution in [0.3, 0.4) is 0 Å². The van der Waals surface area contributed by atoms with Crippen LogP contribution in [0.2, 0.25) is 0 Å². The standard InChI is InChI=1S/C33H24N6O8/c34-26(40)20-8-4-10-22(16-20)38-30(44)24(28(42)36-32(38)46)14-12-19(18-6-2-1-3-7-18)13-15-25-29(43)37-33(47)39(31(25)45)23-11-5-9-21(17-23)27(35)41/h1-17,42H,(H2,34,40)(H2,35,41)(H,36,46)(H,37,43,47). The molecule has 47 heavy (non-hydrogen) atoms. The molecule has 0 bridgehead atoms. The van der Waals surface area contributed by atoms with Crippen molar-refractivity contribution in [1.82, 2.24) is 14.9 Å². The van der Waals surface area contributed by atoms with Gasteiger partial charge in [0.1, 0.15) is 11.1 Å². The van der Waals surface area contributed by atoms with Crippen molar-refractivity contribution in [3.63, 3.8) is 0 Å². The van der Waals surface area contributed by atoms with E-state index < -0.39 is 52.4 Å². The van der Waals surface area contributed by atoms with Gasteiger partial charge < -0.3 is 16.6 Å². The van der Waals surface area contributed by atoms with E-state index in [9.17, 15) is 38.7 Å². The van der Waals surface area contributed by atoms with Crippen molar-refractivity contribution >= 4 is 47.0 Å². The molecule has 0 saturated carbocycles. The molecule has 1 fully saturated rings. The molecule has 0 aliphatic carbocycles. The molecule has 7 N–H and O–H groups in total. The molecule has 4 aromatic rings. The molecule has 1 aliphatic heterocycles. The SMILES string of the molecule is NC(=O)c1cccc(N2C(=O)NC(=O)C(=CC=C(C=Cc3c(O)[nH]c(=O)n(-c4cccc(C(N)=O)c4)c3=O)c3ccccc3)C2=O)c1. The number of hydrogen-bond donors (Lipinski definition) is 5. The first-order valence-corrected chi connectivity index (χ1v) is 13.7. The lowest BCUT2D eigenvalue weighted by molar-refractivity contribution is -0.122. The van der Waals surface area contributed by atoms with Gasteiger partial charge in [0.15, 0.2) is 0 Å². The highest BCUT2D eigenvalue weighted by atomic mass is 16.3. The number of imide groups is 2. The number of barbiturate groups is 1. The highest BCUT2D eigenvalue weighted by Gasteiger charge is 2.36. The summed E-state index contributed by atoms with van der Waals surface area (Å²) in [7, 11) is 0. The zero-order valence-electron chi connectivity index (χ0n) is 24.2. The zero-order chi connectivity index (χ0) is 33.8. The number of carbonyl (C=O) groups is 5. The van der Waals surface area contributed by atoms with E-state index in [1.165, 1.54) is 72.8 Å². The molecular formula is C33H24N6O8. The first kappa shape index (κ1) is 31.3. The Morgan fingerprint density at radius 2 is 1.36 bits per heavy atom. The third kappa shape index (κ3) is 6.41. The summed E-state index contributed by atoms with van der Waals surface area (Å²) in [5.74, 6) is -4.26. The Balaban J connectivity index is 1.58. The number of H-pyrrole nitrogens is 1. The highest BCUT2D eigenvalue weighted by molar-refractivity contribution is 6.37. The third-order valence-electron chi connectivity index (χ3n) is 6.96. The van der Waals surface area contributed by atoms with Crippen molar-refractivity contribution in [2.45, 2.75) is 0 Å². The van der Waals surface area contributed by atoms with Crippen molar-refractivity contribution in [3.05, 3.63) is 146 Å². The van der Waals surface area contributed by atoms with Gasteiger partial charge in [-0.05, 0) is 59.7 Å². The molecule has 1 aliphatic rings. The molecule has 2 heterocycles. The minimum Gasteiger partial charge on any atom is -0.494 e. The largest absolute Gasteiger partial charge is 0.494 e. The van der Waals surface area contributed by atoms with Crippen molar-refractivity contribution in [1.29, 1.82) is 0 Å². The minimum atomic E-state index is -1.03. The second-order valence-electron chi connectivity index (χ2n) is 9.96. The molecular weight excluding hydrogens is 608 g/mol. The van der Waals surface area contributed by atoms with Crippen LogP contribution in [0.4, 0.5) is 10.5 Å². The summed E-state index contributed by atoms with van der Waals surface area (Å²) in [4.78, 5) is 91.0. The molecule has 5 rings (SSSR count). The van der Waals surface area contributed by atoms with Crippen LogP contribution < -0.4 is 32.9 Å². The lowest BCUT2D eigenvalue weighted by atomic mass is 10.0. The number of urea groups is 1. The number of nitrogens with one attached hydrogen (secondary N) is 2. The number of aromatic hydroxyl groups is 1. The van der Waals surface area contributed by atoms with Crippen molar-refractivity contribution in [3.8, 4) is 11.6 Å². The molecule has 14 heteroatoms. The fourth-order valence-electron chi connectivity index (χ4n) is 4.66. The Morgan fingerprint density at radius 3 is 2.00 bits per heavy atom. The molecule has 6 amide bonds. The lowest BCUT2D eigenvalue weighted by Gasteiger charge is -2.26. The van der Waals surface area contributed by atoms with Gasteiger partial charge in [-0.15, -0.1) is 0 Å². The molecule has 0 unspecified atom stereocenters. The van der Waals surface area contributed by atoms with Crippen molar-refractivity contribution in [2.75, 3.05) is 4.90 Å². The predicted octanol–water partition coefficient (Wildman–Crippen LogP) is 1.74. The summed E-state index contributed by atoms with van der Waals surface area (Å²) in [6.07, 6.45) is 5.16. The monoisotopic (exact) mass is 632 g/mol. The predicted molar refractivity (Wildman–Crippen MR) is 170 cm³/mol. The molecule has 1 aromatic heterocycles. The normalized spacial score (nSPS) is 14.5. The fourth-order valence-corrected chi connectivity index (χ4v) is 4.66. The lowest BCUT2D eigenvalue weighted by Crippen LogP contribution is -2.54. The Hall–Kier alpha value is -7.09. The van der Waals surface area contributed by atoms with Gasteiger partial charge in [-0.3, -0.25) is 34.3 Å². The maximum Gasteiger partial charge on any atom is 0.335 e. The number of nitrogens with zero attached hydrogens (tertiary/aromatic N) is 2. The average Bonchev–Trinajstić information content (AvgIpc) is 3.04.